The first-order valence-electron chi connectivity index (χ1n) is 9.19. The number of rotatable bonds is 8. The zero-order valence-corrected chi connectivity index (χ0v) is 15.4. The van der Waals surface area contributed by atoms with Crippen molar-refractivity contribution in [3.63, 3.8) is 0 Å². The second-order valence-electron chi connectivity index (χ2n) is 6.19. The van der Waals surface area contributed by atoms with E-state index >= 15 is 0 Å². The van der Waals surface area contributed by atoms with Gasteiger partial charge in [0.1, 0.15) is 17.5 Å². The predicted molar refractivity (Wildman–Crippen MR) is 101 cm³/mol. The number of aromatic nitrogens is 1. The van der Waals surface area contributed by atoms with Crippen molar-refractivity contribution in [3.8, 4) is 17.4 Å². The zero-order valence-electron chi connectivity index (χ0n) is 15.4. The molecule has 2 N–H and O–H groups in total. The Labute approximate surface area is 159 Å². The number of nitrogens with zero attached hydrogens (tertiary/aromatic N) is 1. The van der Waals surface area contributed by atoms with Crippen molar-refractivity contribution in [2.24, 2.45) is 0 Å². The van der Waals surface area contributed by atoms with E-state index in [1.807, 2.05) is 36.4 Å². The van der Waals surface area contributed by atoms with Gasteiger partial charge < -0.3 is 24.8 Å². The third kappa shape index (κ3) is 5.67. The Morgan fingerprint density at radius 1 is 1.30 bits per heavy atom. The maximum atomic E-state index is 12.2. The predicted octanol–water partition coefficient (Wildman–Crippen LogP) is 2.27. The van der Waals surface area contributed by atoms with Crippen molar-refractivity contribution in [2.45, 2.75) is 25.9 Å². The Morgan fingerprint density at radius 2 is 2.11 bits per heavy atom. The molecule has 1 aromatic carbocycles. The van der Waals surface area contributed by atoms with Crippen LogP contribution in [0.1, 0.15) is 18.9 Å². The fourth-order valence-corrected chi connectivity index (χ4v) is 2.63. The first kappa shape index (κ1) is 19.1. The van der Waals surface area contributed by atoms with E-state index in [4.69, 9.17) is 14.2 Å². The Bertz CT molecular complexity index is 730. The van der Waals surface area contributed by atoms with Crippen LogP contribution < -0.4 is 20.1 Å². The summed E-state index contributed by atoms with van der Waals surface area (Å²) in [6.07, 6.45) is 2.62. The van der Waals surface area contributed by atoms with Gasteiger partial charge in [0.05, 0.1) is 19.8 Å². The highest BCUT2D eigenvalue weighted by molar-refractivity contribution is 5.82. The molecule has 1 saturated heterocycles. The molecule has 0 spiro atoms. The first-order valence-corrected chi connectivity index (χ1v) is 9.19. The molecule has 2 heterocycles. The van der Waals surface area contributed by atoms with Crippen LogP contribution in [-0.4, -0.2) is 43.3 Å². The monoisotopic (exact) mass is 371 g/mol. The van der Waals surface area contributed by atoms with Crippen molar-refractivity contribution in [3.05, 3.63) is 48.2 Å². The topological polar surface area (TPSA) is 81.7 Å². The van der Waals surface area contributed by atoms with E-state index in [0.717, 1.165) is 17.7 Å². The number of hydrogen-bond acceptors (Lipinski definition) is 6. The molecule has 1 aromatic heterocycles. The fraction of sp³-hybridized carbons (Fsp3) is 0.400. The highest BCUT2D eigenvalue weighted by Crippen LogP contribution is 2.25. The molecule has 0 radical (unpaired) electrons. The summed E-state index contributed by atoms with van der Waals surface area (Å²) in [5.41, 5.74) is 0.800. The van der Waals surface area contributed by atoms with Crippen LogP contribution in [0.15, 0.2) is 42.6 Å². The number of ether oxygens (including phenoxy) is 3. The van der Waals surface area contributed by atoms with Crippen LogP contribution in [-0.2, 0) is 16.1 Å². The lowest BCUT2D eigenvalue weighted by Crippen LogP contribution is -2.51. The third-order valence-electron chi connectivity index (χ3n) is 4.05. The summed E-state index contributed by atoms with van der Waals surface area (Å²) in [4.78, 5) is 16.5. The van der Waals surface area contributed by atoms with Crippen molar-refractivity contribution in [1.82, 2.24) is 15.6 Å². The fourth-order valence-electron chi connectivity index (χ4n) is 2.63. The normalized spacial score (nSPS) is 16.6. The van der Waals surface area contributed by atoms with Gasteiger partial charge >= 0.3 is 0 Å². The molecule has 1 aliphatic heterocycles. The summed E-state index contributed by atoms with van der Waals surface area (Å²) in [6, 6.07) is 10.8. The van der Waals surface area contributed by atoms with Gasteiger partial charge in [-0.25, -0.2) is 4.98 Å². The molecule has 0 aliphatic carbocycles. The number of hydrogen-bond donors (Lipinski definition) is 2. The molecule has 144 valence electrons. The molecule has 1 atom stereocenters. The number of benzene rings is 1. The van der Waals surface area contributed by atoms with Gasteiger partial charge in [0, 0.05) is 24.8 Å². The van der Waals surface area contributed by atoms with Gasteiger partial charge in [-0.1, -0.05) is 13.0 Å². The molecule has 0 bridgehead atoms. The highest BCUT2D eigenvalue weighted by atomic mass is 16.5. The molecule has 27 heavy (non-hydrogen) atoms. The Balaban J connectivity index is 1.59. The van der Waals surface area contributed by atoms with E-state index < -0.39 is 0 Å². The minimum Gasteiger partial charge on any atom is -0.494 e. The second-order valence-corrected chi connectivity index (χ2v) is 6.19. The number of carbonyl (C=O) groups is 1. The number of pyridine rings is 1. The lowest BCUT2D eigenvalue weighted by Gasteiger charge is -2.23. The summed E-state index contributed by atoms with van der Waals surface area (Å²) < 4.78 is 16.8. The van der Waals surface area contributed by atoms with Crippen molar-refractivity contribution in [2.75, 3.05) is 26.4 Å². The second kappa shape index (κ2) is 9.89. The molecule has 1 unspecified atom stereocenters. The van der Waals surface area contributed by atoms with Crippen molar-refractivity contribution >= 4 is 5.91 Å². The number of amides is 1. The average Bonchev–Trinajstić information content (AvgIpc) is 2.73. The molecule has 1 amide bonds. The van der Waals surface area contributed by atoms with E-state index in [2.05, 4.69) is 22.5 Å². The molecule has 2 aromatic rings. The highest BCUT2D eigenvalue weighted by Gasteiger charge is 2.21. The summed E-state index contributed by atoms with van der Waals surface area (Å²) in [6.45, 7) is 4.78. The molecule has 1 fully saturated rings. The Morgan fingerprint density at radius 3 is 2.85 bits per heavy atom. The van der Waals surface area contributed by atoms with Gasteiger partial charge in [-0.3, -0.25) is 4.79 Å². The molecule has 1 aliphatic rings. The first-order chi connectivity index (χ1) is 13.3. The van der Waals surface area contributed by atoms with Gasteiger partial charge in [0.2, 0.25) is 11.8 Å². The zero-order chi connectivity index (χ0) is 18.9. The maximum Gasteiger partial charge on any atom is 0.239 e. The smallest absolute Gasteiger partial charge is 0.239 e. The Kier molecular flexibility index (Phi) is 7.01. The minimum absolute atomic E-state index is 0.0954. The van der Waals surface area contributed by atoms with Crippen LogP contribution in [0, 0.1) is 0 Å². The Hall–Kier alpha value is -2.64. The molecule has 7 nitrogen and oxygen atoms in total. The van der Waals surface area contributed by atoms with E-state index in [1.54, 1.807) is 6.20 Å². The van der Waals surface area contributed by atoms with E-state index in [9.17, 15) is 4.79 Å². The molecule has 0 saturated carbocycles. The van der Waals surface area contributed by atoms with Crippen molar-refractivity contribution in [1.29, 1.82) is 0 Å². The van der Waals surface area contributed by atoms with Crippen LogP contribution in [0.3, 0.4) is 0 Å². The molecular formula is C20H25N3O4. The van der Waals surface area contributed by atoms with Gasteiger partial charge in [-0.05, 0) is 36.8 Å². The van der Waals surface area contributed by atoms with Gasteiger partial charge in [-0.2, -0.15) is 0 Å². The molecule has 3 rings (SSSR count). The third-order valence-corrected chi connectivity index (χ3v) is 4.05. The molecule has 7 heteroatoms. The van der Waals surface area contributed by atoms with Crippen molar-refractivity contribution < 1.29 is 19.0 Å². The van der Waals surface area contributed by atoms with Crippen LogP contribution >= 0.6 is 0 Å². The van der Waals surface area contributed by atoms with Gasteiger partial charge in [0.25, 0.3) is 0 Å². The van der Waals surface area contributed by atoms with Crippen LogP contribution in [0.5, 0.6) is 17.4 Å². The largest absolute Gasteiger partial charge is 0.494 e. The molecular weight excluding hydrogens is 346 g/mol. The minimum atomic E-state index is -0.324. The number of nitrogens with one attached hydrogen (secondary N) is 2. The summed E-state index contributed by atoms with van der Waals surface area (Å²) in [5.74, 6) is 1.84. The summed E-state index contributed by atoms with van der Waals surface area (Å²) in [7, 11) is 0. The van der Waals surface area contributed by atoms with Crippen LogP contribution in [0.4, 0.5) is 0 Å². The van der Waals surface area contributed by atoms with E-state index in [0.29, 0.717) is 44.5 Å². The standard InChI is InChI=1S/C20H25N3O4/c1-2-11-26-16-5-7-17(8-6-16)27-20-15(4-3-9-22-20)13-23-19(24)18-14-25-12-10-21-18/h3-9,18,21H,2,10-14H2,1H3,(H,23,24). The lowest BCUT2D eigenvalue weighted by molar-refractivity contribution is -0.126. The van der Waals surface area contributed by atoms with Crippen LogP contribution in [0.25, 0.3) is 0 Å². The lowest BCUT2D eigenvalue weighted by atomic mass is 10.2. The van der Waals surface area contributed by atoms with Gasteiger partial charge in [0.15, 0.2) is 0 Å². The summed E-state index contributed by atoms with van der Waals surface area (Å²) >= 11 is 0. The summed E-state index contributed by atoms with van der Waals surface area (Å²) in [5, 5.41) is 6.04. The maximum absolute atomic E-state index is 12.2. The SMILES string of the molecule is CCCOc1ccc(Oc2ncccc2CNC(=O)C2COCCN2)cc1. The average molecular weight is 371 g/mol. The van der Waals surface area contributed by atoms with E-state index in [1.165, 1.54) is 0 Å². The quantitative estimate of drug-likeness (QED) is 0.741. The number of carbonyl (C=O) groups excluding carboxylic acids is 1. The number of morpholine rings is 1. The van der Waals surface area contributed by atoms with Crippen LogP contribution in [0.2, 0.25) is 0 Å². The van der Waals surface area contributed by atoms with Gasteiger partial charge in [-0.15, -0.1) is 0 Å². The van der Waals surface area contributed by atoms with E-state index in [-0.39, 0.29) is 11.9 Å².